The Morgan fingerprint density at radius 1 is 1.04 bits per heavy atom. The highest BCUT2D eigenvalue weighted by atomic mass is 32.1. The lowest BCUT2D eigenvalue weighted by molar-refractivity contribution is 0.409. The van der Waals surface area contributed by atoms with Gasteiger partial charge in [-0.1, -0.05) is 37.3 Å². The molecule has 0 amide bonds. The third-order valence-corrected chi connectivity index (χ3v) is 4.95. The maximum atomic E-state index is 6.06. The maximum Gasteiger partial charge on any atom is 0.140 e. The van der Waals surface area contributed by atoms with E-state index in [1.54, 1.807) is 7.11 Å². The molecule has 0 aliphatic rings. The number of aryl methyl sites for hydroxylation is 2. The zero-order chi connectivity index (χ0) is 17.6. The van der Waals surface area contributed by atoms with Crippen LogP contribution < -0.4 is 4.74 Å². The quantitative estimate of drug-likeness (QED) is 0.397. The van der Waals surface area contributed by atoms with Crippen molar-refractivity contribution in [3.63, 3.8) is 0 Å². The fraction of sp³-hybridized carbons (Fsp3) is 0.190. The summed E-state index contributed by atoms with van der Waals surface area (Å²) in [4.78, 5) is 0. The molecule has 4 heteroatoms. The second-order valence-electron chi connectivity index (χ2n) is 6.02. The van der Waals surface area contributed by atoms with Crippen molar-refractivity contribution in [1.82, 2.24) is 0 Å². The van der Waals surface area contributed by atoms with Gasteiger partial charge in [-0.15, -0.1) is 0 Å². The zero-order valence-electron chi connectivity index (χ0n) is 14.4. The van der Waals surface area contributed by atoms with Crippen molar-refractivity contribution >= 4 is 34.2 Å². The highest BCUT2D eigenvalue weighted by molar-refractivity contribution is 7.71. The molecule has 2 heterocycles. The van der Waals surface area contributed by atoms with Crippen molar-refractivity contribution in [3.8, 4) is 17.1 Å². The Kier molecular flexibility index (Phi) is 3.85. The lowest BCUT2D eigenvalue weighted by Gasteiger charge is -2.11. The molecule has 0 aliphatic carbocycles. The number of fused-ring (bicyclic) bond motifs is 2. The number of para-hydroxylation sites is 1. The summed E-state index contributed by atoms with van der Waals surface area (Å²) >= 11 is 5.79. The molecule has 4 rings (SSSR count). The highest BCUT2D eigenvalue weighted by Gasteiger charge is 2.16. The fourth-order valence-electron chi connectivity index (χ4n) is 3.24. The van der Waals surface area contributed by atoms with Crippen molar-refractivity contribution < 1.29 is 13.6 Å². The van der Waals surface area contributed by atoms with Gasteiger partial charge < -0.3 is 13.6 Å². The molecule has 0 saturated heterocycles. The minimum Gasteiger partial charge on any atom is -0.496 e. The molecular weight excluding hydrogens is 332 g/mol. The Morgan fingerprint density at radius 2 is 1.84 bits per heavy atom. The summed E-state index contributed by atoms with van der Waals surface area (Å²) in [6, 6.07) is 13.9. The average molecular weight is 350 g/mol. The summed E-state index contributed by atoms with van der Waals surface area (Å²) in [6.07, 6.45) is 0.863. The molecule has 2 aromatic heterocycles. The molecule has 0 saturated carbocycles. The van der Waals surface area contributed by atoms with Crippen molar-refractivity contribution in [1.29, 1.82) is 0 Å². The van der Waals surface area contributed by atoms with E-state index in [9.17, 15) is 0 Å². The first-order chi connectivity index (χ1) is 12.1. The van der Waals surface area contributed by atoms with Crippen LogP contribution in [0.15, 0.2) is 51.3 Å². The van der Waals surface area contributed by atoms with E-state index in [1.165, 1.54) is 0 Å². The van der Waals surface area contributed by atoms with Crippen LogP contribution in [0.3, 0.4) is 0 Å². The van der Waals surface area contributed by atoms with Crippen LogP contribution in [0.4, 0.5) is 0 Å². The number of furan rings is 1. The van der Waals surface area contributed by atoms with E-state index >= 15 is 0 Å². The van der Waals surface area contributed by atoms with Gasteiger partial charge in [-0.2, -0.15) is 0 Å². The summed E-state index contributed by atoms with van der Waals surface area (Å²) in [6.45, 7) is 4.01. The van der Waals surface area contributed by atoms with Gasteiger partial charge in [0.2, 0.25) is 0 Å². The zero-order valence-corrected chi connectivity index (χ0v) is 15.2. The number of hydrogen-bond donors (Lipinski definition) is 0. The number of ether oxygens (including phenoxy) is 1. The van der Waals surface area contributed by atoms with E-state index in [2.05, 4.69) is 13.0 Å². The topological polar surface area (TPSA) is 35.5 Å². The van der Waals surface area contributed by atoms with Crippen LogP contribution in [0.5, 0.6) is 5.75 Å². The molecule has 0 aliphatic heterocycles. The van der Waals surface area contributed by atoms with Crippen LogP contribution in [-0.4, -0.2) is 7.11 Å². The molecule has 126 valence electrons. The fourth-order valence-corrected chi connectivity index (χ4v) is 3.64. The van der Waals surface area contributed by atoms with Crippen LogP contribution in [0.25, 0.3) is 33.3 Å². The van der Waals surface area contributed by atoms with Gasteiger partial charge in [0.25, 0.3) is 0 Å². The van der Waals surface area contributed by atoms with Crippen LogP contribution in [0.2, 0.25) is 0 Å². The van der Waals surface area contributed by atoms with Crippen LogP contribution in [0, 0.1) is 11.4 Å². The highest BCUT2D eigenvalue weighted by Crippen LogP contribution is 2.36. The van der Waals surface area contributed by atoms with Crippen molar-refractivity contribution in [2.24, 2.45) is 0 Å². The molecular formula is C21H18O3S. The number of hydrogen-bond acceptors (Lipinski definition) is 4. The van der Waals surface area contributed by atoms with Crippen molar-refractivity contribution in [3.05, 3.63) is 58.3 Å². The summed E-state index contributed by atoms with van der Waals surface area (Å²) in [5.74, 6) is 2.30. The summed E-state index contributed by atoms with van der Waals surface area (Å²) < 4.78 is 18.3. The summed E-state index contributed by atoms with van der Waals surface area (Å²) in [5, 5.41) is 1.96. The van der Waals surface area contributed by atoms with Crippen molar-refractivity contribution in [2.45, 2.75) is 20.3 Å². The SMILES string of the molecule is CCc1cc2c(=S)c(-c3cc4ccccc4o3)c(C)oc2cc1OC. The molecule has 0 bridgehead atoms. The Morgan fingerprint density at radius 3 is 2.56 bits per heavy atom. The molecule has 3 nitrogen and oxygen atoms in total. The molecule has 0 radical (unpaired) electrons. The van der Waals surface area contributed by atoms with E-state index in [-0.39, 0.29) is 0 Å². The van der Waals surface area contributed by atoms with E-state index in [1.807, 2.05) is 43.3 Å². The van der Waals surface area contributed by atoms with E-state index in [0.717, 1.165) is 61.3 Å². The Hall–Kier alpha value is -2.59. The monoisotopic (exact) mass is 350 g/mol. The Labute approximate surface area is 150 Å². The molecule has 4 aromatic rings. The number of methoxy groups -OCH3 is 1. The third kappa shape index (κ3) is 2.53. The van der Waals surface area contributed by atoms with Gasteiger partial charge in [0, 0.05) is 16.8 Å². The number of rotatable bonds is 3. The lowest BCUT2D eigenvalue weighted by atomic mass is 10.0. The standard InChI is InChI=1S/C21H18O3S/c1-4-13-9-15-18(11-17(13)22-3)23-12(2)20(21(15)25)19-10-14-7-5-6-8-16(14)24-19/h5-11H,4H2,1-3H3. The second kappa shape index (κ2) is 6.05. The molecule has 0 unspecified atom stereocenters. The minimum atomic E-state index is 0.733. The van der Waals surface area contributed by atoms with Gasteiger partial charge in [0.05, 0.1) is 17.2 Å². The summed E-state index contributed by atoms with van der Waals surface area (Å²) in [5.41, 5.74) is 3.52. The van der Waals surface area contributed by atoms with Gasteiger partial charge in [-0.05, 0) is 37.1 Å². The largest absolute Gasteiger partial charge is 0.496 e. The first-order valence-electron chi connectivity index (χ1n) is 8.25. The molecule has 25 heavy (non-hydrogen) atoms. The van der Waals surface area contributed by atoms with Gasteiger partial charge in [0.1, 0.15) is 28.4 Å². The Balaban J connectivity index is 2.02. The van der Waals surface area contributed by atoms with Gasteiger partial charge in [-0.25, -0.2) is 0 Å². The smallest absolute Gasteiger partial charge is 0.140 e. The van der Waals surface area contributed by atoms with Crippen molar-refractivity contribution in [2.75, 3.05) is 7.11 Å². The van der Waals surface area contributed by atoms with E-state index in [0.29, 0.717) is 0 Å². The number of benzene rings is 2. The average Bonchev–Trinajstić information content (AvgIpc) is 3.04. The normalized spacial score (nSPS) is 11.3. The van der Waals surface area contributed by atoms with E-state index in [4.69, 9.17) is 25.8 Å². The van der Waals surface area contributed by atoms with Crippen LogP contribution in [-0.2, 0) is 6.42 Å². The Bertz CT molecular complexity index is 1120. The lowest BCUT2D eigenvalue weighted by Crippen LogP contribution is -1.93. The predicted molar refractivity (Wildman–Crippen MR) is 103 cm³/mol. The van der Waals surface area contributed by atoms with Gasteiger partial charge >= 0.3 is 0 Å². The van der Waals surface area contributed by atoms with Gasteiger partial charge in [-0.3, -0.25) is 0 Å². The predicted octanol–water partition coefficient (Wildman–Crippen LogP) is 6.45. The molecule has 0 fully saturated rings. The maximum absolute atomic E-state index is 6.06. The van der Waals surface area contributed by atoms with Crippen LogP contribution in [0.1, 0.15) is 18.2 Å². The molecule has 0 atom stereocenters. The molecule has 2 aromatic carbocycles. The summed E-state index contributed by atoms with van der Waals surface area (Å²) in [7, 11) is 1.67. The third-order valence-electron chi connectivity index (χ3n) is 4.52. The van der Waals surface area contributed by atoms with Gasteiger partial charge in [0.15, 0.2) is 0 Å². The van der Waals surface area contributed by atoms with E-state index < -0.39 is 0 Å². The first kappa shape index (κ1) is 15.9. The first-order valence-corrected chi connectivity index (χ1v) is 8.66. The van der Waals surface area contributed by atoms with Crippen LogP contribution >= 0.6 is 12.2 Å². The minimum absolute atomic E-state index is 0.733. The molecule has 0 N–H and O–H groups in total. The second-order valence-corrected chi connectivity index (χ2v) is 6.43. The molecule has 0 spiro atoms.